The third kappa shape index (κ3) is 1.75. The first-order valence-corrected chi connectivity index (χ1v) is 3.34. The Bertz CT molecular complexity index is 184. The zero-order chi connectivity index (χ0) is 6.85. The summed E-state index contributed by atoms with van der Waals surface area (Å²) >= 11 is 16.5. The highest BCUT2D eigenvalue weighted by atomic mass is 35.5. The molecule has 0 aromatic rings. The standard InChI is InChI=1S/C4H3Cl3N2/c5-2-1-8-4(7)9-3(2)6/h1H2,(H,8,9). The van der Waals surface area contributed by atoms with Gasteiger partial charge in [0, 0.05) is 0 Å². The van der Waals surface area contributed by atoms with Crippen LogP contribution >= 0.6 is 34.8 Å². The van der Waals surface area contributed by atoms with E-state index in [0.717, 1.165) is 0 Å². The number of nitrogens with one attached hydrogen (secondary N) is 1. The lowest BCUT2D eigenvalue weighted by molar-refractivity contribution is 1.08. The lowest BCUT2D eigenvalue weighted by Crippen LogP contribution is -2.20. The predicted octanol–water partition coefficient (Wildman–Crippen LogP) is 1.83. The van der Waals surface area contributed by atoms with E-state index in [2.05, 4.69) is 10.3 Å². The van der Waals surface area contributed by atoms with Gasteiger partial charge in [-0.3, -0.25) is 4.99 Å². The van der Waals surface area contributed by atoms with E-state index in [0.29, 0.717) is 16.7 Å². The van der Waals surface area contributed by atoms with Crippen LogP contribution in [0.1, 0.15) is 0 Å². The first-order chi connectivity index (χ1) is 4.20. The highest BCUT2D eigenvalue weighted by molar-refractivity contribution is 6.65. The number of hydrogen-bond acceptors (Lipinski definition) is 2. The van der Waals surface area contributed by atoms with Crippen molar-refractivity contribution in [3.05, 3.63) is 10.2 Å². The number of aliphatic imine (C=N–C) groups is 1. The van der Waals surface area contributed by atoms with Crippen molar-refractivity contribution >= 4 is 40.1 Å². The molecule has 1 rings (SSSR count). The molecule has 9 heavy (non-hydrogen) atoms. The number of nitrogens with zero attached hydrogens (tertiary/aromatic N) is 1. The van der Waals surface area contributed by atoms with Gasteiger partial charge in [0.15, 0.2) is 5.29 Å². The molecule has 0 bridgehead atoms. The molecule has 0 spiro atoms. The summed E-state index contributed by atoms with van der Waals surface area (Å²) in [5.41, 5.74) is 0. The molecule has 2 nitrogen and oxygen atoms in total. The largest absolute Gasteiger partial charge is 0.320 e. The molecule has 0 fully saturated rings. The topological polar surface area (TPSA) is 24.4 Å². The van der Waals surface area contributed by atoms with E-state index < -0.39 is 0 Å². The maximum atomic E-state index is 5.55. The Morgan fingerprint density at radius 3 is 2.44 bits per heavy atom. The van der Waals surface area contributed by atoms with Crippen LogP contribution in [0.5, 0.6) is 0 Å². The van der Waals surface area contributed by atoms with Gasteiger partial charge in [-0.15, -0.1) is 0 Å². The average molecular weight is 185 g/mol. The Hall–Kier alpha value is 0.0800. The summed E-state index contributed by atoms with van der Waals surface area (Å²) in [6, 6.07) is 0. The minimum atomic E-state index is 0.282. The molecular weight excluding hydrogens is 182 g/mol. The molecule has 50 valence electrons. The summed E-state index contributed by atoms with van der Waals surface area (Å²) in [5, 5.41) is 3.68. The highest BCUT2D eigenvalue weighted by Gasteiger charge is 2.07. The fourth-order valence-corrected chi connectivity index (χ4v) is 0.865. The third-order valence-electron chi connectivity index (χ3n) is 0.808. The van der Waals surface area contributed by atoms with Crippen LogP contribution in [0, 0.1) is 0 Å². The number of halogens is 3. The molecule has 1 heterocycles. The van der Waals surface area contributed by atoms with Crippen LogP contribution in [0.25, 0.3) is 0 Å². The predicted molar refractivity (Wildman–Crippen MR) is 40.0 cm³/mol. The molecule has 0 saturated carbocycles. The molecule has 0 amide bonds. The Labute approximate surface area is 67.5 Å². The van der Waals surface area contributed by atoms with Gasteiger partial charge >= 0.3 is 0 Å². The van der Waals surface area contributed by atoms with Gasteiger partial charge in [0.1, 0.15) is 5.16 Å². The van der Waals surface area contributed by atoms with Crippen LogP contribution in [-0.4, -0.2) is 11.8 Å². The van der Waals surface area contributed by atoms with Gasteiger partial charge < -0.3 is 5.32 Å². The maximum Gasteiger partial charge on any atom is 0.196 e. The van der Waals surface area contributed by atoms with Gasteiger partial charge in [0.2, 0.25) is 0 Å². The van der Waals surface area contributed by atoms with Crippen LogP contribution in [-0.2, 0) is 0 Å². The minimum absolute atomic E-state index is 0.282. The normalized spacial score (nSPS) is 19.2. The first-order valence-electron chi connectivity index (χ1n) is 2.21. The summed E-state index contributed by atoms with van der Waals surface area (Å²) in [7, 11) is 0. The van der Waals surface area contributed by atoms with Gasteiger partial charge in [-0.25, -0.2) is 0 Å². The summed E-state index contributed by atoms with van der Waals surface area (Å²) in [4.78, 5) is 3.76. The molecular formula is C4H3Cl3N2. The van der Waals surface area contributed by atoms with E-state index in [-0.39, 0.29) is 5.29 Å². The Balaban J connectivity index is 2.70. The van der Waals surface area contributed by atoms with E-state index in [1.54, 1.807) is 0 Å². The molecule has 0 radical (unpaired) electrons. The van der Waals surface area contributed by atoms with Gasteiger partial charge in [0.05, 0.1) is 11.6 Å². The average Bonchev–Trinajstić information content (AvgIpc) is 1.80. The van der Waals surface area contributed by atoms with Crippen LogP contribution in [0.4, 0.5) is 0 Å². The molecule has 1 aliphatic rings. The molecule has 5 heteroatoms. The lowest BCUT2D eigenvalue weighted by Gasteiger charge is -2.08. The smallest absolute Gasteiger partial charge is 0.196 e. The van der Waals surface area contributed by atoms with E-state index in [1.165, 1.54) is 0 Å². The van der Waals surface area contributed by atoms with Crippen molar-refractivity contribution in [2.24, 2.45) is 4.99 Å². The van der Waals surface area contributed by atoms with Crippen molar-refractivity contribution in [1.29, 1.82) is 0 Å². The van der Waals surface area contributed by atoms with E-state index >= 15 is 0 Å². The van der Waals surface area contributed by atoms with Gasteiger partial charge in [-0.2, -0.15) is 0 Å². The Morgan fingerprint density at radius 1 is 1.33 bits per heavy atom. The van der Waals surface area contributed by atoms with Crippen LogP contribution in [0.3, 0.4) is 0 Å². The van der Waals surface area contributed by atoms with Gasteiger partial charge in [-0.05, 0) is 11.6 Å². The SMILES string of the molecule is ClC1=NCC(Cl)=C(Cl)N1. The molecule has 0 atom stereocenters. The minimum Gasteiger partial charge on any atom is -0.320 e. The Morgan fingerprint density at radius 2 is 2.00 bits per heavy atom. The van der Waals surface area contributed by atoms with Crippen molar-refractivity contribution in [3.63, 3.8) is 0 Å². The molecule has 0 unspecified atom stereocenters. The van der Waals surface area contributed by atoms with E-state index in [9.17, 15) is 0 Å². The maximum absolute atomic E-state index is 5.55. The van der Waals surface area contributed by atoms with Gasteiger partial charge in [-0.1, -0.05) is 23.2 Å². The van der Waals surface area contributed by atoms with Gasteiger partial charge in [0.25, 0.3) is 0 Å². The molecule has 1 aliphatic heterocycles. The fraction of sp³-hybridized carbons (Fsp3) is 0.250. The molecule has 0 aromatic heterocycles. The lowest BCUT2D eigenvalue weighted by atomic mass is 10.5. The van der Waals surface area contributed by atoms with Crippen LogP contribution in [0.15, 0.2) is 15.2 Å². The second-order valence-corrected chi connectivity index (χ2v) is 2.64. The van der Waals surface area contributed by atoms with Crippen molar-refractivity contribution in [3.8, 4) is 0 Å². The molecule has 0 aromatic carbocycles. The van der Waals surface area contributed by atoms with Crippen molar-refractivity contribution in [2.75, 3.05) is 6.54 Å². The molecule has 0 aliphatic carbocycles. The fourth-order valence-electron chi connectivity index (χ4n) is 0.406. The number of amidine groups is 1. The van der Waals surface area contributed by atoms with E-state index in [4.69, 9.17) is 34.8 Å². The second-order valence-electron chi connectivity index (χ2n) is 1.45. The first kappa shape index (κ1) is 7.19. The summed E-state index contributed by atoms with van der Waals surface area (Å²) in [6.07, 6.45) is 0. The number of hydrogen-bond donors (Lipinski definition) is 1. The van der Waals surface area contributed by atoms with Crippen molar-refractivity contribution in [1.82, 2.24) is 5.32 Å². The summed E-state index contributed by atoms with van der Waals surface area (Å²) < 4.78 is 0. The summed E-state index contributed by atoms with van der Waals surface area (Å²) in [5.74, 6) is 0. The second kappa shape index (κ2) is 2.78. The van der Waals surface area contributed by atoms with Crippen molar-refractivity contribution in [2.45, 2.75) is 0 Å². The van der Waals surface area contributed by atoms with Crippen LogP contribution in [0.2, 0.25) is 0 Å². The van der Waals surface area contributed by atoms with E-state index in [1.807, 2.05) is 0 Å². The zero-order valence-corrected chi connectivity index (χ0v) is 6.56. The third-order valence-corrected chi connectivity index (χ3v) is 1.75. The van der Waals surface area contributed by atoms with Crippen molar-refractivity contribution < 1.29 is 0 Å². The zero-order valence-electron chi connectivity index (χ0n) is 4.29. The Kier molecular flexibility index (Phi) is 2.22. The monoisotopic (exact) mass is 184 g/mol. The van der Waals surface area contributed by atoms with Crippen LogP contribution < -0.4 is 5.32 Å². The summed E-state index contributed by atoms with van der Waals surface area (Å²) in [6.45, 7) is 0.367. The number of rotatable bonds is 0. The molecule has 1 N–H and O–H groups in total. The highest BCUT2D eigenvalue weighted by Crippen LogP contribution is 2.15. The molecule has 0 saturated heterocycles. The quantitative estimate of drug-likeness (QED) is 0.572.